The van der Waals surface area contributed by atoms with Crippen LogP contribution in [0.3, 0.4) is 0 Å². The molecule has 2 aromatic rings. The van der Waals surface area contributed by atoms with E-state index in [1.165, 1.54) is 0 Å². The molecule has 5 heteroatoms. The summed E-state index contributed by atoms with van der Waals surface area (Å²) in [4.78, 5) is 4.27. The van der Waals surface area contributed by atoms with Crippen LogP contribution < -0.4 is 10.5 Å². The van der Waals surface area contributed by atoms with E-state index in [4.69, 9.17) is 27.1 Å². The van der Waals surface area contributed by atoms with Crippen LogP contribution in [0.1, 0.15) is 11.5 Å². The molecule has 0 bridgehead atoms. The number of nitrogens with two attached hydrogens (primary N) is 1. The summed E-state index contributed by atoms with van der Waals surface area (Å²) >= 11 is 4.83. The molecule has 0 amide bonds. The van der Waals surface area contributed by atoms with Gasteiger partial charge in [-0.25, -0.2) is 0 Å². The Hall–Kier alpha value is -1.88. The standard InChI is InChI=1S/C11H10N2O2S/c12-11(16)10-6-8(3-4-13-10)15-7-9-2-1-5-14-9/h1-6H,7H2,(H2,12,16). The predicted octanol–water partition coefficient (Wildman–Crippen LogP) is 1.89. The topological polar surface area (TPSA) is 61.3 Å². The summed E-state index contributed by atoms with van der Waals surface area (Å²) < 4.78 is 10.6. The lowest BCUT2D eigenvalue weighted by molar-refractivity contribution is 0.270. The maximum Gasteiger partial charge on any atom is 0.146 e. The van der Waals surface area contributed by atoms with E-state index in [1.54, 1.807) is 24.6 Å². The fourth-order valence-electron chi connectivity index (χ4n) is 1.18. The molecule has 0 saturated carbocycles. The first-order valence-corrected chi connectivity index (χ1v) is 5.07. The van der Waals surface area contributed by atoms with E-state index in [0.29, 0.717) is 18.1 Å². The highest BCUT2D eigenvalue weighted by Crippen LogP contribution is 2.13. The van der Waals surface area contributed by atoms with E-state index in [0.717, 1.165) is 5.76 Å². The number of rotatable bonds is 4. The Kier molecular flexibility index (Phi) is 3.16. The molecule has 0 aromatic carbocycles. The number of hydrogen-bond donors (Lipinski definition) is 1. The maximum atomic E-state index is 5.49. The highest BCUT2D eigenvalue weighted by molar-refractivity contribution is 7.80. The molecule has 82 valence electrons. The van der Waals surface area contributed by atoms with Crippen molar-refractivity contribution >= 4 is 17.2 Å². The lowest BCUT2D eigenvalue weighted by Crippen LogP contribution is -2.11. The van der Waals surface area contributed by atoms with Gasteiger partial charge in [0.05, 0.1) is 6.26 Å². The molecule has 0 unspecified atom stereocenters. The molecule has 0 saturated heterocycles. The first-order chi connectivity index (χ1) is 7.75. The number of furan rings is 1. The first-order valence-electron chi connectivity index (χ1n) is 4.67. The van der Waals surface area contributed by atoms with Crippen LogP contribution in [0.5, 0.6) is 5.75 Å². The van der Waals surface area contributed by atoms with Crippen LogP contribution in [0.15, 0.2) is 41.1 Å². The second kappa shape index (κ2) is 4.76. The zero-order valence-corrected chi connectivity index (χ0v) is 9.24. The molecule has 2 rings (SSSR count). The lowest BCUT2D eigenvalue weighted by atomic mass is 10.3. The molecule has 0 aliphatic carbocycles. The van der Waals surface area contributed by atoms with Gasteiger partial charge in [0.2, 0.25) is 0 Å². The number of thiocarbonyl (C=S) groups is 1. The fraction of sp³-hybridized carbons (Fsp3) is 0.0909. The summed E-state index contributed by atoms with van der Waals surface area (Å²) in [6.07, 6.45) is 3.21. The smallest absolute Gasteiger partial charge is 0.146 e. The van der Waals surface area contributed by atoms with Gasteiger partial charge in [-0.15, -0.1) is 0 Å². The molecule has 0 fully saturated rings. The molecule has 0 aliphatic heterocycles. The van der Waals surface area contributed by atoms with Crippen molar-refractivity contribution in [3.63, 3.8) is 0 Å². The number of nitrogens with zero attached hydrogens (tertiary/aromatic N) is 1. The van der Waals surface area contributed by atoms with Gasteiger partial charge in [-0.05, 0) is 18.2 Å². The van der Waals surface area contributed by atoms with Crippen LogP contribution in [0, 0.1) is 0 Å². The van der Waals surface area contributed by atoms with Gasteiger partial charge in [0, 0.05) is 12.3 Å². The van der Waals surface area contributed by atoms with Crippen LogP contribution in [0.4, 0.5) is 0 Å². The molecule has 16 heavy (non-hydrogen) atoms. The normalized spacial score (nSPS) is 10.0. The van der Waals surface area contributed by atoms with Crippen molar-refractivity contribution in [1.29, 1.82) is 0 Å². The van der Waals surface area contributed by atoms with Crippen molar-refractivity contribution in [2.75, 3.05) is 0 Å². The van der Waals surface area contributed by atoms with Gasteiger partial charge >= 0.3 is 0 Å². The Labute approximate surface area is 98.0 Å². The van der Waals surface area contributed by atoms with E-state index in [2.05, 4.69) is 4.98 Å². The zero-order chi connectivity index (χ0) is 11.4. The summed E-state index contributed by atoms with van der Waals surface area (Å²) in [5.74, 6) is 1.42. The molecule has 2 heterocycles. The van der Waals surface area contributed by atoms with Gasteiger partial charge in [-0.3, -0.25) is 4.98 Å². The lowest BCUT2D eigenvalue weighted by Gasteiger charge is -2.05. The number of ether oxygens (including phenoxy) is 1. The molecular weight excluding hydrogens is 224 g/mol. The fourth-order valence-corrected chi connectivity index (χ4v) is 1.30. The second-order valence-corrected chi connectivity index (χ2v) is 3.55. The van der Waals surface area contributed by atoms with E-state index < -0.39 is 0 Å². The molecule has 0 radical (unpaired) electrons. The summed E-state index contributed by atoms with van der Waals surface area (Å²) in [6.45, 7) is 0.369. The van der Waals surface area contributed by atoms with Crippen LogP contribution in [0.2, 0.25) is 0 Å². The van der Waals surface area contributed by atoms with Crippen molar-refractivity contribution in [3.05, 3.63) is 48.2 Å². The number of hydrogen-bond acceptors (Lipinski definition) is 4. The summed E-state index contributed by atoms with van der Waals surface area (Å²) in [5.41, 5.74) is 6.02. The molecular formula is C11H10N2O2S. The Morgan fingerprint density at radius 1 is 1.50 bits per heavy atom. The SMILES string of the molecule is NC(=S)c1cc(OCc2ccco2)ccn1. The highest BCUT2D eigenvalue weighted by Gasteiger charge is 2.02. The minimum absolute atomic E-state index is 0.253. The largest absolute Gasteiger partial charge is 0.486 e. The number of aromatic nitrogens is 1. The quantitative estimate of drug-likeness (QED) is 0.818. The third-order valence-corrected chi connectivity index (χ3v) is 2.15. The van der Waals surface area contributed by atoms with Crippen molar-refractivity contribution in [2.24, 2.45) is 5.73 Å². The summed E-state index contributed by atoms with van der Waals surface area (Å²) in [5, 5.41) is 0. The third-order valence-electron chi connectivity index (χ3n) is 1.95. The van der Waals surface area contributed by atoms with E-state index in [-0.39, 0.29) is 4.99 Å². The Morgan fingerprint density at radius 2 is 2.38 bits per heavy atom. The van der Waals surface area contributed by atoms with Crippen LogP contribution in [-0.4, -0.2) is 9.97 Å². The summed E-state index contributed by atoms with van der Waals surface area (Å²) in [6, 6.07) is 7.09. The van der Waals surface area contributed by atoms with Gasteiger partial charge in [0.1, 0.15) is 28.8 Å². The second-order valence-electron chi connectivity index (χ2n) is 3.11. The van der Waals surface area contributed by atoms with Crippen molar-refractivity contribution in [2.45, 2.75) is 6.61 Å². The zero-order valence-electron chi connectivity index (χ0n) is 8.42. The molecule has 0 spiro atoms. The average molecular weight is 234 g/mol. The van der Waals surface area contributed by atoms with Crippen molar-refractivity contribution in [3.8, 4) is 5.75 Å². The van der Waals surface area contributed by atoms with E-state index in [9.17, 15) is 0 Å². The predicted molar refractivity (Wildman–Crippen MR) is 63.2 cm³/mol. The van der Waals surface area contributed by atoms with E-state index in [1.807, 2.05) is 12.1 Å². The molecule has 4 nitrogen and oxygen atoms in total. The molecule has 0 aliphatic rings. The van der Waals surface area contributed by atoms with Gasteiger partial charge in [-0.1, -0.05) is 12.2 Å². The summed E-state index contributed by atoms with van der Waals surface area (Å²) in [7, 11) is 0. The molecule has 0 atom stereocenters. The van der Waals surface area contributed by atoms with Crippen molar-refractivity contribution in [1.82, 2.24) is 4.98 Å². The molecule has 2 aromatic heterocycles. The highest BCUT2D eigenvalue weighted by atomic mass is 32.1. The Morgan fingerprint density at radius 3 is 3.06 bits per heavy atom. The Balaban J connectivity index is 2.04. The van der Waals surface area contributed by atoms with Gasteiger partial charge in [0.15, 0.2) is 0 Å². The minimum Gasteiger partial charge on any atom is -0.486 e. The van der Waals surface area contributed by atoms with Crippen LogP contribution in [0.25, 0.3) is 0 Å². The van der Waals surface area contributed by atoms with E-state index >= 15 is 0 Å². The van der Waals surface area contributed by atoms with Gasteiger partial charge in [-0.2, -0.15) is 0 Å². The van der Waals surface area contributed by atoms with Crippen molar-refractivity contribution < 1.29 is 9.15 Å². The minimum atomic E-state index is 0.253. The van der Waals surface area contributed by atoms with Gasteiger partial charge < -0.3 is 14.9 Å². The average Bonchev–Trinajstić information content (AvgIpc) is 2.79. The third kappa shape index (κ3) is 2.58. The van der Waals surface area contributed by atoms with Crippen LogP contribution in [-0.2, 0) is 6.61 Å². The first kappa shape index (κ1) is 10.6. The van der Waals surface area contributed by atoms with Crippen LogP contribution >= 0.6 is 12.2 Å². The monoisotopic (exact) mass is 234 g/mol. The van der Waals surface area contributed by atoms with Gasteiger partial charge in [0.25, 0.3) is 0 Å². The molecule has 2 N–H and O–H groups in total. The Bertz CT molecular complexity index is 482. The number of pyridine rings is 1. The maximum absolute atomic E-state index is 5.49.